The average Bonchev–Trinajstić information content (AvgIpc) is 2.85. The standard InChI is InChI=1S/C14H12BrNO3/c1-9-4-11(15)14(16-6-9)17-7-10-2-3-12-13(5-10)19-8-18-12/h2-6H,7-8H2,1H3. The molecule has 1 aliphatic heterocycles. The summed E-state index contributed by atoms with van der Waals surface area (Å²) in [5, 5.41) is 0. The zero-order valence-corrected chi connectivity index (χ0v) is 11.9. The molecule has 19 heavy (non-hydrogen) atoms. The van der Waals surface area contributed by atoms with Gasteiger partial charge in [0.2, 0.25) is 12.7 Å². The number of aromatic nitrogens is 1. The fourth-order valence-electron chi connectivity index (χ4n) is 1.81. The first-order valence-electron chi connectivity index (χ1n) is 5.86. The molecule has 0 unspecified atom stereocenters. The fourth-order valence-corrected chi connectivity index (χ4v) is 2.39. The van der Waals surface area contributed by atoms with Crippen LogP contribution in [0.3, 0.4) is 0 Å². The molecule has 0 amide bonds. The molecule has 3 rings (SSSR count). The summed E-state index contributed by atoms with van der Waals surface area (Å²) in [5.41, 5.74) is 2.10. The number of nitrogens with zero attached hydrogens (tertiary/aromatic N) is 1. The van der Waals surface area contributed by atoms with E-state index in [-0.39, 0.29) is 6.79 Å². The van der Waals surface area contributed by atoms with Crippen molar-refractivity contribution in [2.75, 3.05) is 6.79 Å². The van der Waals surface area contributed by atoms with E-state index in [4.69, 9.17) is 14.2 Å². The van der Waals surface area contributed by atoms with Crippen molar-refractivity contribution in [3.05, 3.63) is 46.1 Å². The van der Waals surface area contributed by atoms with Crippen molar-refractivity contribution >= 4 is 15.9 Å². The summed E-state index contributed by atoms with van der Waals surface area (Å²) in [5.74, 6) is 2.12. The predicted octanol–water partition coefficient (Wildman–Crippen LogP) is 3.46. The average molecular weight is 322 g/mol. The minimum Gasteiger partial charge on any atom is -0.472 e. The van der Waals surface area contributed by atoms with Gasteiger partial charge in [0.05, 0.1) is 4.47 Å². The largest absolute Gasteiger partial charge is 0.472 e. The van der Waals surface area contributed by atoms with Crippen LogP contribution in [0.4, 0.5) is 0 Å². The van der Waals surface area contributed by atoms with Crippen molar-refractivity contribution in [1.29, 1.82) is 0 Å². The number of halogens is 1. The van der Waals surface area contributed by atoms with Gasteiger partial charge in [0.1, 0.15) is 6.61 Å². The van der Waals surface area contributed by atoms with Crippen molar-refractivity contribution < 1.29 is 14.2 Å². The predicted molar refractivity (Wildman–Crippen MR) is 73.6 cm³/mol. The van der Waals surface area contributed by atoms with Crippen LogP contribution in [-0.2, 0) is 6.61 Å². The minimum atomic E-state index is 0.282. The van der Waals surface area contributed by atoms with E-state index in [1.807, 2.05) is 31.2 Å². The Morgan fingerprint density at radius 1 is 1.26 bits per heavy atom. The first-order valence-corrected chi connectivity index (χ1v) is 6.65. The van der Waals surface area contributed by atoms with Crippen LogP contribution in [0, 0.1) is 6.92 Å². The maximum absolute atomic E-state index is 5.68. The van der Waals surface area contributed by atoms with Gasteiger partial charge in [-0.25, -0.2) is 4.98 Å². The number of benzene rings is 1. The maximum Gasteiger partial charge on any atom is 0.231 e. The molecule has 1 aromatic carbocycles. The van der Waals surface area contributed by atoms with Crippen molar-refractivity contribution in [3.8, 4) is 17.4 Å². The van der Waals surface area contributed by atoms with Crippen LogP contribution in [0.2, 0.25) is 0 Å². The molecule has 0 radical (unpaired) electrons. The Morgan fingerprint density at radius 3 is 2.95 bits per heavy atom. The molecule has 1 aliphatic rings. The van der Waals surface area contributed by atoms with Crippen molar-refractivity contribution in [3.63, 3.8) is 0 Å². The number of hydrogen-bond acceptors (Lipinski definition) is 4. The van der Waals surface area contributed by atoms with Gasteiger partial charge in [0.25, 0.3) is 0 Å². The summed E-state index contributed by atoms with van der Waals surface area (Å²) in [7, 11) is 0. The van der Waals surface area contributed by atoms with Crippen molar-refractivity contribution in [2.24, 2.45) is 0 Å². The molecular weight excluding hydrogens is 310 g/mol. The lowest BCUT2D eigenvalue weighted by Crippen LogP contribution is -1.98. The number of pyridine rings is 1. The lowest BCUT2D eigenvalue weighted by atomic mass is 10.2. The molecule has 0 N–H and O–H groups in total. The maximum atomic E-state index is 5.68. The van der Waals surface area contributed by atoms with Gasteiger partial charge in [0.15, 0.2) is 11.5 Å². The summed E-state index contributed by atoms with van der Waals surface area (Å²) in [6.45, 7) is 2.70. The molecule has 0 spiro atoms. The molecule has 0 saturated carbocycles. The second-order valence-corrected chi connectivity index (χ2v) is 5.13. The van der Waals surface area contributed by atoms with E-state index in [2.05, 4.69) is 20.9 Å². The highest BCUT2D eigenvalue weighted by atomic mass is 79.9. The Hall–Kier alpha value is -1.75. The normalized spacial score (nSPS) is 12.5. The van der Waals surface area contributed by atoms with Gasteiger partial charge in [-0.3, -0.25) is 0 Å². The minimum absolute atomic E-state index is 0.282. The van der Waals surface area contributed by atoms with Gasteiger partial charge < -0.3 is 14.2 Å². The number of rotatable bonds is 3. The lowest BCUT2D eigenvalue weighted by Gasteiger charge is -2.08. The van der Waals surface area contributed by atoms with Gasteiger partial charge >= 0.3 is 0 Å². The molecule has 2 aromatic rings. The van der Waals surface area contributed by atoms with E-state index in [1.165, 1.54) is 0 Å². The second-order valence-electron chi connectivity index (χ2n) is 4.28. The molecule has 2 heterocycles. The van der Waals surface area contributed by atoms with Gasteiger partial charge in [-0.2, -0.15) is 0 Å². The zero-order chi connectivity index (χ0) is 13.2. The SMILES string of the molecule is Cc1cnc(OCc2ccc3c(c2)OCO3)c(Br)c1. The van der Waals surface area contributed by atoms with Crippen LogP contribution in [0.15, 0.2) is 34.9 Å². The van der Waals surface area contributed by atoms with E-state index < -0.39 is 0 Å². The zero-order valence-electron chi connectivity index (χ0n) is 10.4. The number of hydrogen-bond donors (Lipinski definition) is 0. The monoisotopic (exact) mass is 321 g/mol. The molecule has 0 fully saturated rings. The number of aryl methyl sites for hydroxylation is 1. The van der Waals surface area contributed by atoms with Crippen LogP contribution in [-0.4, -0.2) is 11.8 Å². The quantitative estimate of drug-likeness (QED) is 0.868. The lowest BCUT2D eigenvalue weighted by molar-refractivity contribution is 0.174. The van der Waals surface area contributed by atoms with Crippen LogP contribution in [0.1, 0.15) is 11.1 Å². The third kappa shape index (κ3) is 2.66. The molecule has 0 atom stereocenters. The summed E-state index contributed by atoms with van der Waals surface area (Å²) in [6.07, 6.45) is 1.78. The van der Waals surface area contributed by atoms with Gasteiger partial charge in [0, 0.05) is 6.20 Å². The van der Waals surface area contributed by atoms with Crippen molar-refractivity contribution in [2.45, 2.75) is 13.5 Å². The number of ether oxygens (including phenoxy) is 3. The van der Waals surface area contributed by atoms with Crippen LogP contribution in [0.25, 0.3) is 0 Å². The topological polar surface area (TPSA) is 40.6 Å². The van der Waals surface area contributed by atoms with Gasteiger partial charge in [-0.1, -0.05) is 6.07 Å². The first kappa shape index (κ1) is 12.3. The Kier molecular flexibility index (Phi) is 3.29. The number of fused-ring (bicyclic) bond motifs is 1. The van der Waals surface area contributed by atoms with E-state index in [0.717, 1.165) is 27.1 Å². The summed E-state index contributed by atoms with van der Waals surface area (Å²) >= 11 is 3.44. The molecule has 4 nitrogen and oxygen atoms in total. The van der Waals surface area contributed by atoms with Crippen LogP contribution in [0.5, 0.6) is 17.4 Å². The highest BCUT2D eigenvalue weighted by molar-refractivity contribution is 9.10. The summed E-state index contributed by atoms with van der Waals surface area (Å²) in [4.78, 5) is 4.24. The molecule has 98 valence electrons. The Bertz CT molecular complexity index is 616. The molecule has 1 aromatic heterocycles. The summed E-state index contributed by atoms with van der Waals surface area (Å²) in [6, 6.07) is 7.74. The van der Waals surface area contributed by atoms with E-state index in [0.29, 0.717) is 12.5 Å². The highest BCUT2D eigenvalue weighted by Crippen LogP contribution is 2.33. The molecule has 0 saturated heterocycles. The van der Waals surface area contributed by atoms with E-state index in [1.54, 1.807) is 6.20 Å². The Morgan fingerprint density at radius 2 is 2.11 bits per heavy atom. The van der Waals surface area contributed by atoms with Gasteiger partial charge in [-0.05, 0) is 52.2 Å². The first-order chi connectivity index (χ1) is 9.22. The summed E-state index contributed by atoms with van der Waals surface area (Å²) < 4.78 is 17.1. The smallest absolute Gasteiger partial charge is 0.231 e. The van der Waals surface area contributed by atoms with Crippen LogP contribution >= 0.6 is 15.9 Å². The van der Waals surface area contributed by atoms with E-state index >= 15 is 0 Å². The molecule has 5 heteroatoms. The van der Waals surface area contributed by atoms with Crippen molar-refractivity contribution in [1.82, 2.24) is 4.98 Å². The van der Waals surface area contributed by atoms with E-state index in [9.17, 15) is 0 Å². The molecular formula is C14H12BrNO3. The Labute approximate surface area is 119 Å². The molecule has 0 aliphatic carbocycles. The Balaban J connectivity index is 1.72. The third-order valence-electron chi connectivity index (χ3n) is 2.76. The van der Waals surface area contributed by atoms with Gasteiger partial charge in [-0.15, -0.1) is 0 Å². The highest BCUT2D eigenvalue weighted by Gasteiger charge is 2.13. The second kappa shape index (κ2) is 5.09. The fraction of sp³-hybridized carbons (Fsp3) is 0.214. The van der Waals surface area contributed by atoms with Crippen LogP contribution < -0.4 is 14.2 Å². The third-order valence-corrected chi connectivity index (χ3v) is 3.32. The molecule has 0 bridgehead atoms.